The fourth-order valence-electron chi connectivity index (χ4n) is 3.13. The third-order valence-electron chi connectivity index (χ3n) is 4.45. The number of ether oxygens (including phenoxy) is 1. The first kappa shape index (κ1) is 16.1. The largest absolute Gasteiger partial charge is 0.384 e. The van der Waals surface area contributed by atoms with Gasteiger partial charge in [0.1, 0.15) is 5.82 Å². The van der Waals surface area contributed by atoms with Crippen LogP contribution in [0.1, 0.15) is 18.4 Å². The highest BCUT2D eigenvalue weighted by atomic mass is 16.6. The molecule has 1 aromatic heterocycles. The number of hydrogen-bond acceptors (Lipinski definition) is 6. The van der Waals surface area contributed by atoms with Crippen LogP contribution in [0.4, 0.5) is 11.5 Å². The van der Waals surface area contributed by atoms with Crippen molar-refractivity contribution in [2.75, 3.05) is 31.7 Å². The van der Waals surface area contributed by atoms with Crippen molar-refractivity contribution in [3.8, 4) is 6.07 Å². The zero-order valence-corrected chi connectivity index (χ0v) is 13.4. The molecule has 0 N–H and O–H groups in total. The Morgan fingerprint density at radius 3 is 2.79 bits per heavy atom. The number of rotatable bonds is 4. The number of anilines is 1. The van der Waals surface area contributed by atoms with Gasteiger partial charge >= 0.3 is 0 Å². The van der Waals surface area contributed by atoms with Gasteiger partial charge in [0.25, 0.3) is 5.69 Å². The van der Waals surface area contributed by atoms with Crippen LogP contribution in [-0.2, 0) is 4.74 Å². The molecule has 0 radical (unpaired) electrons. The van der Waals surface area contributed by atoms with Crippen molar-refractivity contribution in [2.24, 2.45) is 5.92 Å². The molecule has 0 aliphatic carbocycles. The Kier molecular flexibility index (Phi) is 4.58. The molecule has 7 heteroatoms. The molecule has 0 spiro atoms. The van der Waals surface area contributed by atoms with E-state index in [-0.39, 0.29) is 5.69 Å². The molecule has 3 rings (SSSR count). The van der Waals surface area contributed by atoms with Gasteiger partial charge in [-0.25, -0.2) is 4.98 Å². The van der Waals surface area contributed by atoms with Gasteiger partial charge in [0, 0.05) is 44.3 Å². The van der Waals surface area contributed by atoms with Crippen LogP contribution in [0.5, 0.6) is 0 Å². The van der Waals surface area contributed by atoms with E-state index in [1.54, 1.807) is 19.2 Å². The number of fused-ring (bicyclic) bond motifs is 1. The smallest absolute Gasteiger partial charge is 0.270 e. The standard InChI is InChI=1S/C17H18N4O3/c1-24-11-12-4-6-20(7-5-12)17-8-13(10-18)15-9-14(21(22)23)2-3-16(15)19-17/h2-3,8-9,12H,4-7,11H2,1H3. The highest BCUT2D eigenvalue weighted by Gasteiger charge is 2.21. The van der Waals surface area contributed by atoms with Gasteiger partial charge in [0.2, 0.25) is 0 Å². The van der Waals surface area contributed by atoms with Gasteiger partial charge in [-0.3, -0.25) is 10.1 Å². The van der Waals surface area contributed by atoms with Crippen LogP contribution in [0.2, 0.25) is 0 Å². The minimum absolute atomic E-state index is 0.0334. The summed E-state index contributed by atoms with van der Waals surface area (Å²) in [6.07, 6.45) is 2.05. The number of methoxy groups -OCH3 is 1. The Bertz CT molecular complexity index is 807. The normalized spacial score (nSPS) is 15.4. The maximum atomic E-state index is 10.9. The topological polar surface area (TPSA) is 92.3 Å². The van der Waals surface area contributed by atoms with Gasteiger partial charge in [-0.05, 0) is 30.9 Å². The number of pyridine rings is 1. The summed E-state index contributed by atoms with van der Waals surface area (Å²) in [6.45, 7) is 2.50. The molecule has 7 nitrogen and oxygen atoms in total. The predicted molar refractivity (Wildman–Crippen MR) is 89.9 cm³/mol. The summed E-state index contributed by atoms with van der Waals surface area (Å²) < 4.78 is 5.21. The van der Waals surface area contributed by atoms with Crippen LogP contribution in [0.25, 0.3) is 10.9 Å². The lowest BCUT2D eigenvalue weighted by molar-refractivity contribution is -0.384. The molecule has 0 amide bonds. The van der Waals surface area contributed by atoms with Crippen molar-refractivity contribution in [3.63, 3.8) is 0 Å². The molecule has 2 aromatic rings. The summed E-state index contributed by atoms with van der Waals surface area (Å²) >= 11 is 0. The average molecular weight is 326 g/mol. The van der Waals surface area contributed by atoms with Crippen LogP contribution in [0.3, 0.4) is 0 Å². The monoisotopic (exact) mass is 326 g/mol. The van der Waals surface area contributed by atoms with E-state index in [1.165, 1.54) is 12.1 Å². The molecule has 1 aromatic carbocycles. The van der Waals surface area contributed by atoms with Crippen LogP contribution >= 0.6 is 0 Å². The van der Waals surface area contributed by atoms with E-state index in [1.807, 2.05) is 0 Å². The second kappa shape index (κ2) is 6.81. The summed E-state index contributed by atoms with van der Waals surface area (Å²) in [4.78, 5) is 17.2. The minimum atomic E-state index is -0.463. The number of piperidine rings is 1. The average Bonchev–Trinajstić information content (AvgIpc) is 2.61. The first-order chi connectivity index (χ1) is 11.6. The Balaban J connectivity index is 1.92. The van der Waals surface area contributed by atoms with E-state index in [0.29, 0.717) is 22.4 Å². The second-order valence-corrected chi connectivity index (χ2v) is 5.98. The highest BCUT2D eigenvalue weighted by molar-refractivity contribution is 5.88. The van der Waals surface area contributed by atoms with Gasteiger partial charge in [0.05, 0.1) is 22.1 Å². The van der Waals surface area contributed by atoms with E-state index >= 15 is 0 Å². The molecule has 1 fully saturated rings. The lowest BCUT2D eigenvalue weighted by atomic mass is 9.97. The predicted octanol–water partition coefficient (Wildman–Crippen LogP) is 2.88. The quantitative estimate of drug-likeness (QED) is 0.633. The summed E-state index contributed by atoms with van der Waals surface area (Å²) in [7, 11) is 1.72. The van der Waals surface area contributed by atoms with Crippen molar-refractivity contribution >= 4 is 22.4 Å². The third-order valence-corrected chi connectivity index (χ3v) is 4.45. The summed E-state index contributed by atoms with van der Waals surface area (Å²) in [6, 6.07) is 8.30. The van der Waals surface area contributed by atoms with Gasteiger partial charge in [-0.15, -0.1) is 0 Å². The maximum absolute atomic E-state index is 10.9. The van der Waals surface area contributed by atoms with E-state index < -0.39 is 4.92 Å². The van der Waals surface area contributed by atoms with Gasteiger partial charge in [0.15, 0.2) is 0 Å². The number of nitrogens with zero attached hydrogens (tertiary/aromatic N) is 4. The third kappa shape index (κ3) is 3.14. The SMILES string of the molecule is COCC1CCN(c2cc(C#N)c3cc([N+](=O)[O-])ccc3n2)CC1. The first-order valence-electron chi connectivity index (χ1n) is 7.85. The van der Waals surface area contributed by atoms with Gasteiger partial charge in [-0.2, -0.15) is 5.26 Å². The van der Waals surface area contributed by atoms with Crippen molar-refractivity contribution in [1.82, 2.24) is 4.98 Å². The van der Waals surface area contributed by atoms with Crippen molar-refractivity contribution in [3.05, 3.63) is 39.9 Å². The highest BCUT2D eigenvalue weighted by Crippen LogP contribution is 2.28. The molecule has 1 aliphatic rings. The summed E-state index contributed by atoms with van der Waals surface area (Å²) in [5, 5.41) is 20.9. The molecular formula is C17H18N4O3. The van der Waals surface area contributed by atoms with Crippen LogP contribution in [0, 0.1) is 27.4 Å². The lowest BCUT2D eigenvalue weighted by Gasteiger charge is -2.32. The number of nitro benzene ring substituents is 1. The van der Waals surface area contributed by atoms with E-state index in [4.69, 9.17) is 4.74 Å². The fourth-order valence-corrected chi connectivity index (χ4v) is 3.13. The number of nitro groups is 1. The Morgan fingerprint density at radius 1 is 1.42 bits per heavy atom. The lowest BCUT2D eigenvalue weighted by Crippen LogP contribution is -2.35. The summed E-state index contributed by atoms with van der Waals surface area (Å²) in [5.41, 5.74) is 0.986. The molecular weight excluding hydrogens is 308 g/mol. The molecule has 0 unspecified atom stereocenters. The number of benzene rings is 1. The van der Waals surface area contributed by atoms with E-state index in [0.717, 1.165) is 38.4 Å². The van der Waals surface area contributed by atoms with Gasteiger partial charge in [-0.1, -0.05) is 0 Å². The van der Waals surface area contributed by atoms with Crippen molar-refractivity contribution in [2.45, 2.75) is 12.8 Å². The molecule has 0 bridgehead atoms. The Hall–Kier alpha value is -2.72. The van der Waals surface area contributed by atoms with E-state index in [9.17, 15) is 15.4 Å². The first-order valence-corrected chi connectivity index (χ1v) is 7.85. The molecule has 24 heavy (non-hydrogen) atoms. The van der Waals surface area contributed by atoms with Gasteiger partial charge < -0.3 is 9.64 Å². The van der Waals surface area contributed by atoms with Crippen molar-refractivity contribution in [1.29, 1.82) is 5.26 Å². The molecule has 2 heterocycles. The fraction of sp³-hybridized carbons (Fsp3) is 0.412. The minimum Gasteiger partial charge on any atom is -0.384 e. The maximum Gasteiger partial charge on any atom is 0.270 e. The molecule has 124 valence electrons. The number of nitriles is 1. The van der Waals surface area contributed by atoms with E-state index in [2.05, 4.69) is 16.0 Å². The second-order valence-electron chi connectivity index (χ2n) is 5.98. The number of aromatic nitrogens is 1. The van der Waals surface area contributed by atoms with Crippen molar-refractivity contribution < 1.29 is 9.66 Å². The zero-order valence-electron chi connectivity index (χ0n) is 13.4. The van der Waals surface area contributed by atoms with Crippen LogP contribution in [0.15, 0.2) is 24.3 Å². The number of hydrogen-bond donors (Lipinski definition) is 0. The molecule has 0 atom stereocenters. The molecule has 1 saturated heterocycles. The summed E-state index contributed by atoms with van der Waals surface area (Å²) in [5.74, 6) is 1.31. The Labute approximate surface area is 139 Å². The van der Waals surface area contributed by atoms with Crippen LogP contribution in [-0.4, -0.2) is 36.7 Å². The Morgan fingerprint density at radius 2 is 2.17 bits per heavy atom. The molecule has 1 aliphatic heterocycles. The van der Waals surface area contributed by atoms with Crippen LogP contribution < -0.4 is 4.90 Å². The number of non-ortho nitro benzene ring substituents is 1. The zero-order chi connectivity index (χ0) is 17.1. The molecule has 0 saturated carbocycles.